The van der Waals surface area contributed by atoms with E-state index in [0.29, 0.717) is 37.9 Å². The Morgan fingerprint density at radius 3 is 2.71 bits per heavy atom. The maximum Gasteiger partial charge on any atom is 0.415 e. The summed E-state index contributed by atoms with van der Waals surface area (Å²) in [6.07, 6.45) is 6.84. The van der Waals surface area contributed by atoms with Crippen LogP contribution in [-0.2, 0) is 17.8 Å². The molecule has 3 N–H and O–H groups in total. The van der Waals surface area contributed by atoms with Crippen LogP contribution in [0.2, 0.25) is 0 Å². The molecule has 0 spiro atoms. The van der Waals surface area contributed by atoms with Crippen LogP contribution in [0, 0.1) is 0 Å². The Hall–Kier alpha value is -4.73. The molecule has 35 heavy (non-hydrogen) atoms. The van der Waals surface area contributed by atoms with Gasteiger partial charge in [-0.2, -0.15) is 5.10 Å². The number of pyridine rings is 3. The fraction of sp³-hybridized carbons (Fsp3) is 0.160. The number of fused-ring (bicyclic) bond motifs is 2. The van der Waals surface area contributed by atoms with Gasteiger partial charge in [-0.15, -0.1) is 0 Å². The second-order valence-corrected chi connectivity index (χ2v) is 8.31. The summed E-state index contributed by atoms with van der Waals surface area (Å²) in [5.74, 6) is 1.89. The molecule has 174 valence electrons. The van der Waals surface area contributed by atoms with Gasteiger partial charge in [0.25, 0.3) is 0 Å². The Kier molecular flexibility index (Phi) is 5.10. The van der Waals surface area contributed by atoms with Crippen LogP contribution in [-0.4, -0.2) is 44.0 Å². The molecule has 1 aromatic carbocycles. The maximum atomic E-state index is 11.7. The molecule has 5 heterocycles. The number of nitrogens with two attached hydrogens (primary N) is 1. The summed E-state index contributed by atoms with van der Waals surface area (Å²) < 4.78 is 6.84. The molecule has 1 saturated heterocycles. The monoisotopic (exact) mass is 466 g/mol. The third-order valence-corrected chi connectivity index (χ3v) is 5.99. The van der Waals surface area contributed by atoms with Crippen molar-refractivity contribution in [1.82, 2.24) is 24.7 Å². The van der Waals surface area contributed by atoms with Crippen LogP contribution in [0.25, 0.3) is 21.7 Å². The summed E-state index contributed by atoms with van der Waals surface area (Å²) in [7, 11) is 0. The molecule has 0 radical (unpaired) electrons. The fourth-order valence-corrected chi connectivity index (χ4v) is 4.22. The molecular formula is C25H22N8O2. The Morgan fingerprint density at radius 1 is 1.00 bits per heavy atom. The first-order chi connectivity index (χ1) is 17.1. The van der Waals surface area contributed by atoms with Crippen LogP contribution in [0.15, 0.2) is 67.3 Å². The van der Waals surface area contributed by atoms with Crippen molar-refractivity contribution in [2.75, 3.05) is 29.1 Å². The zero-order valence-corrected chi connectivity index (χ0v) is 18.8. The molecule has 0 unspecified atom stereocenters. The number of aromatic nitrogens is 5. The molecule has 1 aliphatic rings. The number of hydrogen-bond acceptors (Lipinski definition) is 8. The van der Waals surface area contributed by atoms with E-state index in [1.54, 1.807) is 18.6 Å². The van der Waals surface area contributed by atoms with Crippen LogP contribution in [0.1, 0.15) is 11.1 Å². The van der Waals surface area contributed by atoms with Crippen molar-refractivity contribution in [3.63, 3.8) is 0 Å². The van der Waals surface area contributed by atoms with E-state index in [9.17, 15) is 4.79 Å². The van der Waals surface area contributed by atoms with Gasteiger partial charge in [0.05, 0.1) is 24.0 Å². The van der Waals surface area contributed by atoms with Gasteiger partial charge >= 0.3 is 6.09 Å². The smallest absolute Gasteiger partial charge is 0.415 e. The van der Waals surface area contributed by atoms with Gasteiger partial charge < -0.3 is 15.8 Å². The van der Waals surface area contributed by atoms with Crippen LogP contribution in [0.3, 0.4) is 0 Å². The predicted octanol–water partition coefficient (Wildman–Crippen LogP) is 3.57. The molecule has 1 aliphatic heterocycles. The molecular weight excluding hydrogens is 444 g/mol. The van der Waals surface area contributed by atoms with E-state index < -0.39 is 0 Å². The number of ether oxygens (including phenoxy) is 1. The van der Waals surface area contributed by atoms with Crippen molar-refractivity contribution in [3.05, 3.63) is 78.4 Å². The maximum absolute atomic E-state index is 11.7. The lowest BCUT2D eigenvalue weighted by Gasteiger charge is -2.11. The van der Waals surface area contributed by atoms with Crippen molar-refractivity contribution in [2.24, 2.45) is 0 Å². The zero-order chi connectivity index (χ0) is 23.8. The highest BCUT2D eigenvalue weighted by Gasteiger charge is 2.24. The van der Waals surface area contributed by atoms with Crippen molar-refractivity contribution < 1.29 is 9.53 Å². The number of nitrogens with zero attached hydrogens (tertiary/aromatic N) is 6. The summed E-state index contributed by atoms with van der Waals surface area (Å²) in [6, 6.07) is 13.7. The second-order valence-electron chi connectivity index (χ2n) is 8.31. The lowest BCUT2D eigenvalue weighted by atomic mass is 10.1. The number of hydrogen-bond donors (Lipinski definition) is 2. The van der Waals surface area contributed by atoms with E-state index in [0.717, 1.165) is 38.6 Å². The molecule has 6 rings (SSSR count). The van der Waals surface area contributed by atoms with Gasteiger partial charge in [0.1, 0.15) is 24.1 Å². The van der Waals surface area contributed by atoms with E-state index in [-0.39, 0.29) is 6.09 Å². The highest BCUT2D eigenvalue weighted by atomic mass is 16.6. The number of nitrogens with one attached hydrogen (secondary N) is 1. The summed E-state index contributed by atoms with van der Waals surface area (Å²) >= 11 is 0. The number of benzene rings is 1. The van der Waals surface area contributed by atoms with Crippen LogP contribution in [0.4, 0.5) is 22.2 Å². The Bertz CT molecular complexity index is 1550. The highest BCUT2D eigenvalue weighted by Crippen LogP contribution is 2.24. The molecule has 0 bridgehead atoms. The molecule has 1 amide bonds. The number of carbonyl (C=O) groups is 1. The van der Waals surface area contributed by atoms with Gasteiger partial charge in [-0.25, -0.2) is 19.7 Å². The molecule has 10 nitrogen and oxygen atoms in total. The average Bonchev–Trinajstić information content (AvgIpc) is 3.49. The summed E-state index contributed by atoms with van der Waals surface area (Å²) in [4.78, 5) is 26.3. The molecule has 4 aromatic heterocycles. The first kappa shape index (κ1) is 20.8. The Balaban J connectivity index is 1.18. The van der Waals surface area contributed by atoms with E-state index >= 15 is 0 Å². The molecule has 1 fully saturated rings. The van der Waals surface area contributed by atoms with E-state index in [1.165, 1.54) is 4.90 Å². The highest BCUT2D eigenvalue weighted by molar-refractivity contribution is 5.91. The van der Waals surface area contributed by atoms with E-state index in [2.05, 4.69) is 31.4 Å². The minimum Gasteiger partial charge on any atom is -0.447 e. The third kappa shape index (κ3) is 4.05. The first-order valence-electron chi connectivity index (χ1n) is 11.2. The molecule has 0 saturated carbocycles. The number of carbonyl (C=O) groups excluding carboxylic acids is 1. The van der Waals surface area contributed by atoms with E-state index in [1.807, 2.05) is 47.3 Å². The first-order valence-corrected chi connectivity index (χ1v) is 11.2. The van der Waals surface area contributed by atoms with Gasteiger partial charge in [-0.3, -0.25) is 9.58 Å². The van der Waals surface area contributed by atoms with Gasteiger partial charge in [0, 0.05) is 36.7 Å². The lowest BCUT2D eigenvalue weighted by Crippen LogP contribution is -2.24. The largest absolute Gasteiger partial charge is 0.447 e. The van der Waals surface area contributed by atoms with Gasteiger partial charge in [-0.05, 0) is 40.8 Å². The number of amides is 1. The normalized spacial score (nSPS) is 13.5. The van der Waals surface area contributed by atoms with Crippen molar-refractivity contribution >= 4 is 45.2 Å². The second kappa shape index (κ2) is 8.56. The summed E-state index contributed by atoms with van der Waals surface area (Å²) in [5.41, 5.74) is 8.90. The van der Waals surface area contributed by atoms with Crippen molar-refractivity contribution in [1.29, 1.82) is 0 Å². The Morgan fingerprint density at radius 2 is 1.89 bits per heavy atom. The number of rotatable bonds is 6. The van der Waals surface area contributed by atoms with Crippen LogP contribution in [0.5, 0.6) is 0 Å². The van der Waals surface area contributed by atoms with Crippen LogP contribution >= 0.6 is 0 Å². The minimum absolute atomic E-state index is 0.360. The average molecular weight is 467 g/mol. The predicted molar refractivity (Wildman–Crippen MR) is 133 cm³/mol. The minimum atomic E-state index is -0.360. The number of nitrogen functional groups attached to an aromatic ring is 1. The molecule has 0 atom stereocenters. The van der Waals surface area contributed by atoms with Gasteiger partial charge in [0.2, 0.25) is 0 Å². The molecule has 0 aliphatic carbocycles. The quantitative estimate of drug-likeness (QED) is 0.389. The SMILES string of the molecule is Nc1nccc2cc(CNc3nccc4nn(Cc5ccc(N6CCOC6=O)nc5)cc34)ccc12. The van der Waals surface area contributed by atoms with Gasteiger partial charge in [-0.1, -0.05) is 18.2 Å². The summed E-state index contributed by atoms with van der Waals surface area (Å²) in [5, 5.41) is 11.1. The zero-order valence-electron chi connectivity index (χ0n) is 18.8. The van der Waals surface area contributed by atoms with Crippen molar-refractivity contribution in [2.45, 2.75) is 13.1 Å². The van der Waals surface area contributed by atoms with Crippen LogP contribution < -0.4 is 16.0 Å². The molecule has 10 heteroatoms. The Labute approximate surface area is 200 Å². The lowest BCUT2D eigenvalue weighted by molar-refractivity contribution is 0.181. The van der Waals surface area contributed by atoms with Gasteiger partial charge in [0.15, 0.2) is 0 Å². The topological polar surface area (TPSA) is 124 Å². The van der Waals surface area contributed by atoms with E-state index in [4.69, 9.17) is 10.5 Å². The standard InChI is InChI=1S/C25H22N8O2/c26-23-19-3-1-16(11-18(19)5-7-27-23)12-30-24-20-15-32(31-21(20)6-8-28-24)14-17-2-4-22(29-13-17)33-9-10-35-25(33)34/h1-8,11,13,15H,9-10,12,14H2,(H2,26,27)(H,28,30). The fourth-order valence-electron chi connectivity index (χ4n) is 4.22. The molecule has 5 aromatic rings. The third-order valence-electron chi connectivity index (χ3n) is 5.99. The summed E-state index contributed by atoms with van der Waals surface area (Å²) in [6.45, 7) is 2.06. The number of anilines is 3. The number of cyclic esters (lactones) is 1. The van der Waals surface area contributed by atoms with Crippen molar-refractivity contribution in [3.8, 4) is 0 Å².